The number of unbranched alkanes of at least 4 members (excludes halogenated alkanes) is 5. The van der Waals surface area contributed by atoms with Crippen LogP contribution in [0.3, 0.4) is 0 Å². The normalized spacial score (nSPS) is 10.1. The van der Waals surface area contributed by atoms with Gasteiger partial charge in [-0.3, -0.25) is 4.79 Å². The van der Waals surface area contributed by atoms with Crippen LogP contribution in [-0.2, 0) is 11.3 Å². The van der Waals surface area contributed by atoms with Crippen LogP contribution in [0.4, 0.5) is 4.79 Å². The Morgan fingerprint density at radius 1 is 1.00 bits per heavy atom. The molecule has 24 heavy (non-hydrogen) atoms. The van der Waals surface area contributed by atoms with Gasteiger partial charge in [-0.2, -0.15) is 6.42 Å². The maximum atomic E-state index is 11.6. The van der Waals surface area contributed by atoms with Crippen molar-refractivity contribution in [1.29, 1.82) is 0 Å². The first-order valence-electron chi connectivity index (χ1n) is 8.50. The molecule has 0 saturated carbocycles. The van der Waals surface area contributed by atoms with Crippen molar-refractivity contribution in [2.45, 2.75) is 45.1 Å². The Hall–Kier alpha value is -0.953. The molecule has 1 rings (SSSR count). The first kappa shape index (κ1) is 23.0. The summed E-state index contributed by atoms with van der Waals surface area (Å²) in [6.07, 6.45) is 6.86. The van der Waals surface area contributed by atoms with Gasteiger partial charge in [0.15, 0.2) is 0 Å². The van der Waals surface area contributed by atoms with Crippen LogP contribution in [0.1, 0.15) is 44.1 Å². The predicted molar refractivity (Wildman–Crippen MR) is 94.9 cm³/mol. The first-order chi connectivity index (χ1) is 11.1. The fourth-order valence-corrected chi connectivity index (χ4v) is 2.32. The average Bonchev–Trinajstić information content (AvgIpc) is 2.56. The van der Waals surface area contributed by atoms with Crippen molar-refractivity contribution in [2.24, 2.45) is 0 Å². The summed E-state index contributed by atoms with van der Waals surface area (Å²) in [6.45, 7) is 3.52. The third-order valence-corrected chi connectivity index (χ3v) is 3.69. The molecule has 0 aromatic heterocycles. The maximum absolute atomic E-state index is 11.6. The number of rotatable bonds is 11. The van der Waals surface area contributed by atoms with E-state index in [1.54, 1.807) is 23.9 Å². The van der Waals surface area contributed by atoms with E-state index < -0.39 is 0 Å². The molecule has 0 radical (unpaired) electrons. The van der Waals surface area contributed by atoms with Crippen LogP contribution in [-0.4, -0.2) is 43.6 Å². The summed E-state index contributed by atoms with van der Waals surface area (Å²) in [4.78, 5) is 14.9. The van der Waals surface area contributed by atoms with E-state index in [9.17, 15) is 4.79 Å². The number of urea groups is 1. The summed E-state index contributed by atoms with van der Waals surface area (Å²) in [5.74, 6) is 0. The number of nitrogens with zero attached hydrogens (tertiary/aromatic N) is 2. The molecule has 5 heteroatoms. The van der Waals surface area contributed by atoms with Crippen molar-refractivity contribution >= 4 is 6.03 Å². The molecule has 0 aliphatic carbocycles. The second-order valence-electron chi connectivity index (χ2n) is 6.07. The van der Waals surface area contributed by atoms with Gasteiger partial charge in [0, 0.05) is 20.7 Å². The molecule has 1 aromatic rings. The van der Waals surface area contributed by atoms with Crippen LogP contribution in [0.5, 0.6) is 0 Å². The fourth-order valence-electron chi connectivity index (χ4n) is 2.32. The molecule has 0 spiro atoms. The van der Waals surface area contributed by atoms with E-state index >= 15 is 0 Å². The summed E-state index contributed by atoms with van der Waals surface area (Å²) in [5.41, 5.74) is 1.24. The summed E-state index contributed by atoms with van der Waals surface area (Å²) in [6, 6.07) is 10.3. The molecule has 1 aromatic carbocycles. The van der Waals surface area contributed by atoms with Crippen LogP contribution in [0, 0.1) is 6.54 Å². The second kappa shape index (κ2) is 14.4. The van der Waals surface area contributed by atoms with Crippen LogP contribution in [0.2, 0.25) is 0 Å². The Morgan fingerprint density at radius 2 is 1.62 bits per heavy atom. The van der Waals surface area contributed by atoms with E-state index in [1.807, 2.05) is 31.8 Å². The quantitative estimate of drug-likeness (QED) is 0.349. The zero-order valence-corrected chi connectivity index (χ0v) is 15.8. The molecule has 0 N–H and O–H groups in total. The van der Waals surface area contributed by atoms with E-state index in [4.69, 9.17) is 4.74 Å². The SMILES string of the molecule is CN(C)C(=O)N(C)[CH-]CCCCCCCOCc1ccccc1.[Li+]. The Morgan fingerprint density at radius 3 is 2.29 bits per heavy atom. The Bertz CT molecular complexity index is 427. The van der Waals surface area contributed by atoms with Crippen molar-refractivity contribution in [2.75, 3.05) is 27.7 Å². The van der Waals surface area contributed by atoms with Crippen molar-refractivity contribution in [3.05, 3.63) is 42.4 Å². The van der Waals surface area contributed by atoms with Gasteiger partial charge in [0.05, 0.1) is 6.61 Å². The van der Waals surface area contributed by atoms with Gasteiger partial charge in [-0.25, -0.2) is 6.54 Å². The van der Waals surface area contributed by atoms with Crippen molar-refractivity contribution < 1.29 is 28.4 Å². The first-order valence-corrected chi connectivity index (χ1v) is 8.50. The summed E-state index contributed by atoms with van der Waals surface area (Å²) in [5, 5.41) is 0. The molecule has 0 atom stereocenters. The van der Waals surface area contributed by atoms with Crippen LogP contribution < -0.4 is 18.9 Å². The number of hydrogen-bond acceptors (Lipinski definition) is 2. The van der Waals surface area contributed by atoms with E-state index in [0.717, 1.165) is 25.9 Å². The van der Waals surface area contributed by atoms with Crippen molar-refractivity contribution in [1.82, 2.24) is 9.80 Å². The standard InChI is InChI=1S/C19H31N2O2.Li/c1-20(2)19(22)21(3)15-11-6-4-5-7-12-16-23-17-18-13-9-8-10-14-18;/h8-10,13-15H,4-7,11-12,16-17H2,1-3H3;/q-1;+1. The largest absolute Gasteiger partial charge is 1.00 e. The molecule has 0 aliphatic heterocycles. The molecule has 0 saturated heterocycles. The molecule has 0 heterocycles. The molecular formula is C19H31LiN2O2. The molecule has 2 amide bonds. The van der Waals surface area contributed by atoms with E-state index in [0.29, 0.717) is 6.61 Å². The second-order valence-corrected chi connectivity index (χ2v) is 6.07. The van der Waals surface area contributed by atoms with Gasteiger partial charge in [0.25, 0.3) is 6.03 Å². The molecule has 0 bridgehead atoms. The van der Waals surface area contributed by atoms with Crippen molar-refractivity contribution in [3.8, 4) is 0 Å². The summed E-state index contributed by atoms with van der Waals surface area (Å²) < 4.78 is 5.67. The minimum absolute atomic E-state index is 0. The van der Waals surface area contributed by atoms with Gasteiger partial charge in [-0.15, -0.1) is 0 Å². The van der Waals surface area contributed by atoms with E-state index in [2.05, 4.69) is 12.1 Å². The fraction of sp³-hybridized carbons (Fsp3) is 0.579. The zero-order valence-electron chi connectivity index (χ0n) is 15.8. The topological polar surface area (TPSA) is 32.8 Å². The molecule has 4 nitrogen and oxygen atoms in total. The van der Waals surface area contributed by atoms with Gasteiger partial charge in [-0.05, 0) is 19.0 Å². The molecule has 0 unspecified atom stereocenters. The smallest absolute Gasteiger partial charge is 0.477 e. The van der Waals surface area contributed by atoms with Crippen molar-refractivity contribution in [3.63, 3.8) is 0 Å². The minimum Gasteiger partial charge on any atom is -0.477 e. The zero-order chi connectivity index (χ0) is 16.9. The number of carbonyl (C=O) groups excluding carboxylic acids is 1. The van der Waals surface area contributed by atoms with Crippen LogP contribution in [0.15, 0.2) is 30.3 Å². The molecule has 0 fully saturated rings. The van der Waals surface area contributed by atoms with Gasteiger partial charge >= 0.3 is 18.9 Å². The van der Waals surface area contributed by atoms with E-state index in [1.165, 1.54) is 24.8 Å². The third kappa shape index (κ3) is 10.8. The summed E-state index contributed by atoms with van der Waals surface area (Å²) >= 11 is 0. The minimum atomic E-state index is 0. The number of hydrogen-bond donors (Lipinski definition) is 0. The Kier molecular flexibility index (Phi) is 13.8. The Balaban J connectivity index is 0.00000529. The molecule has 130 valence electrons. The monoisotopic (exact) mass is 326 g/mol. The van der Waals surface area contributed by atoms with Gasteiger partial charge in [-0.1, -0.05) is 56.0 Å². The van der Waals surface area contributed by atoms with Gasteiger partial charge in [0.1, 0.15) is 0 Å². The Labute approximate surface area is 159 Å². The number of ether oxygens (including phenoxy) is 1. The molecular weight excluding hydrogens is 295 g/mol. The molecule has 0 aliphatic rings. The average molecular weight is 326 g/mol. The van der Waals surface area contributed by atoms with Crippen LogP contribution >= 0.6 is 0 Å². The number of carbonyl (C=O) groups is 1. The third-order valence-electron chi connectivity index (χ3n) is 3.69. The van der Waals surface area contributed by atoms with Gasteiger partial charge < -0.3 is 14.5 Å². The van der Waals surface area contributed by atoms with E-state index in [-0.39, 0.29) is 24.9 Å². The predicted octanol–water partition coefficient (Wildman–Crippen LogP) is 1.32. The van der Waals surface area contributed by atoms with Gasteiger partial charge in [0.2, 0.25) is 0 Å². The number of benzene rings is 1. The summed E-state index contributed by atoms with van der Waals surface area (Å²) in [7, 11) is 5.35. The number of amides is 2. The maximum Gasteiger partial charge on any atom is 1.00 e. The van der Waals surface area contributed by atoms with Crippen LogP contribution in [0.25, 0.3) is 0 Å².